The van der Waals surface area contributed by atoms with Gasteiger partial charge in [-0.3, -0.25) is 9.48 Å². The van der Waals surface area contributed by atoms with Crippen LogP contribution in [-0.2, 0) is 28.7 Å². The first kappa shape index (κ1) is 28.8. The number of nitrogens with zero attached hydrogens (tertiary/aromatic N) is 4. The van der Waals surface area contributed by atoms with E-state index in [1.54, 1.807) is 10.3 Å². The van der Waals surface area contributed by atoms with Crippen LogP contribution < -0.4 is 5.73 Å². The molecule has 0 spiro atoms. The number of likely N-dealkylation sites (tertiary alicyclic amines) is 1. The van der Waals surface area contributed by atoms with Gasteiger partial charge in [-0.1, -0.05) is 24.3 Å². The molecule has 1 aromatic carbocycles. The van der Waals surface area contributed by atoms with E-state index in [0.717, 1.165) is 22.2 Å². The van der Waals surface area contributed by atoms with Crippen LogP contribution in [0.25, 0.3) is 0 Å². The van der Waals surface area contributed by atoms with Crippen molar-refractivity contribution in [1.82, 2.24) is 19.7 Å². The molecule has 1 aliphatic carbocycles. The average Bonchev–Trinajstić information content (AvgIpc) is 3.56. The predicted octanol–water partition coefficient (Wildman–Crippen LogP) is 4.88. The maximum absolute atomic E-state index is 12.7. The number of halogens is 3. The minimum Gasteiger partial charge on any atom is -0.464 e. The van der Waals surface area contributed by atoms with Gasteiger partial charge >= 0.3 is 12.1 Å². The summed E-state index contributed by atoms with van der Waals surface area (Å²) < 4.78 is 44.0. The summed E-state index contributed by atoms with van der Waals surface area (Å²) in [6.07, 6.45) is 0.421. The summed E-state index contributed by atoms with van der Waals surface area (Å²) in [5.41, 5.74) is 8.32. The number of carbonyl (C=O) groups excluding carboxylic acids is 2. The summed E-state index contributed by atoms with van der Waals surface area (Å²) in [6, 6.07) is 9.73. The fraction of sp³-hybridized carbons (Fsp3) is 0.481. The molecule has 2 aromatic heterocycles. The Morgan fingerprint density at radius 2 is 1.90 bits per heavy atom. The van der Waals surface area contributed by atoms with Gasteiger partial charge in [0.2, 0.25) is 5.91 Å². The van der Waals surface area contributed by atoms with E-state index in [1.807, 2.05) is 0 Å². The van der Waals surface area contributed by atoms with Crippen LogP contribution in [0, 0.1) is 6.92 Å². The number of methoxy groups -OCH3 is 1. The third kappa shape index (κ3) is 7.04. The van der Waals surface area contributed by atoms with Gasteiger partial charge in [0.1, 0.15) is 6.54 Å². The van der Waals surface area contributed by atoms with Gasteiger partial charge in [0.15, 0.2) is 11.4 Å². The number of benzene rings is 1. The standard InChI is InChI=1S/C17H19F3N4O3S.C10H13N/c1-10-7-13(17(18,19)20)22-24(10)8-14(25)23-5-3-11(4-6-23)15-21-12(9-28-15)16(26)27-2;11-10-7-3-5-8-4-1-2-6-9(8)10/h7,9,11H,3-6,8H2,1-2H3;1-2,4,6,10H,3,5,7,11H2. The number of piperidine rings is 1. The normalized spacial score (nSPS) is 17.7. The number of hydrogen-bond acceptors (Lipinski definition) is 7. The largest absolute Gasteiger partial charge is 0.464 e. The Labute approximate surface area is 229 Å². The molecule has 5 rings (SSSR count). The van der Waals surface area contributed by atoms with Gasteiger partial charge in [0, 0.05) is 36.1 Å². The van der Waals surface area contributed by atoms with Gasteiger partial charge in [0.05, 0.1) is 12.1 Å². The third-order valence-corrected chi connectivity index (χ3v) is 8.09. The summed E-state index contributed by atoms with van der Waals surface area (Å²) >= 11 is 1.38. The molecule has 0 saturated carbocycles. The Morgan fingerprint density at radius 1 is 1.18 bits per heavy atom. The predicted molar refractivity (Wildman–Crippen MR) is 140 cm³/mol. The Kier molecular flexibility index (Phi) is 9.06. The van der Waals surface area contributed by atoms with Crippen LogP contribution >= 0.6 is 11.3 Å². The van der Waals surface area contributed by atoms with E-state index in [1.165, 1.54) is 49.3 Å². The first-order chi connectivity index (χ1) is 18.6. The zero-order chi connectivity index (χ0) is 28.2. The molecule has 3 aromatic rings. The van der Waals surface area contributed by atoms with E-state index in [2.05, 4.69) is 39.1 Å². The molecule has 1 amide bonds. The smallest absolute Gasteiger partial charge is 0.435 e. The number of thiazole rings is 1. The lowest BCUT2D eigenvalue weighted by atomic mass is 9.88. The molecule has 1 saturated heterocycles. The van der Waals surface area contributed by atoms with Crippen LogP contribution in [-0.4, -0.2) is 51.7 Å². The average molecular weight is 564 g/mol. The second-order valence-corrected chi connectivity index (χ2v) is 10.6. The molecule has 0 radical (unpaired) electrons. The molecule has 3 heterocycles. The van der Waals surface area contributed by atoms with Crippen LogP contribution in [0.4, 0.5) is 13.2 Å². The van der Waals surface area contributed by atoms with Crippen molar-refractivity contribution in [1.29, 1.82) is 0 Å². The van der Waals surface area contributed by atoms with E-state index >= 15 is 0 Å². The van der Waals surface area contributed by atoms with Crippen molar-refractivity contribution in [3.05, 3.63) is 68.9 Å². The molecule has 8 nitrogen and oxygen atoms in total. The van der Waals surface area contributed by atoms with Gasteiger partial charge in [-0.25, -0.2) is 9.78 Å². The van der Waals surface area contributed by atoms with Crippen LogP contribution in [0.3, 0.4) is 0 Å². The number of fused-ring (bicyclic) bond motifs is 1. The van der Waals surface area contributed by atoms with Crippen molar-refractivity contribution in [2.45, 2.75) is 63.7 Å². The molecule has 1 fully saturated rings. The lowest BCUT2D eigenvalue weighted by Crippen LogP contribution is -2.40. The highest BCUT2D eigenvalue weighted by Gasteiger charge is 2.35. The van der Waals surface area contributed by atoms with Crippen molar-refractivity contribution in [2.24, 2.45) is 5.73 Å². The molecule has 1 aliphatic heterocycles. The number of ether oxygens (including phenoxy) is 1. The van der Waals surface area contributed by atoms with E-state index in [4.69, 9.17) is 5.73 Å². The lowest BCUT2D eigenvalue weighted by molar-refractivity contribution is -0.142. The first-order valence-electron chi connectivity index (χ1n) is 12.8. The number of alkyl halides is 3. The summed E-state index contributed by atoms with van der Waals surface area (Å²) in [7, 11) is 1.30. The van der Waals surface area contributed by atoms with Gasteiger partial charge in [-0.15, -0.1) is 11.3 Å². The topological polar surface area (TPSA) is 103 Å². The van der Waals surface area contributed by atoms with Gasteiger partial charge in [-0.05, 0) is 56.2 Å². The lowest BCUT2D eigenvalue weighted by Gasteiger charge is -2.31. The van der Waals surface area contributed by atoms with Gasteiger partial charge < -0.3 is 15.4 Å². The Bertz CT molecular complexity index is 1300. The van der Waals surface area contributed by atoms with Crippen molar-refractivity contribution < 1.29 is 27.5 Å². The maximum atomic E-state index is 12.7. The second kappa shape index (κ2) is 12.3. The quantitative estimate of drug-likeness (QED) is 0.454. The number of nitrogens with two attached hydrogens (primary N) is 1. The zero-order valence-electron chi connectivity index (χ0n) is 21.9. The van der Waals surface area contributed by atoms with E-state index < -0.39 is 17.8 Å². The van der Waals surface area contributed by atoms with Crippen LogP contribution in [0.15, 0.2) is 35.7 Å². The monoisotopic (exact) mass is 563 g/mol. The third-order valence-electron chi connectivity index (χ3n) is 7.09. The number of hydrogen-bond donors (Lipinski definition) is 1. The molecular weight excluding hydrogens is 531 g/mol. The number of esters is 1. The minimum absolute atomic E-state index is 0.135. The molecule has 0 bridgehead atoms. The molecular formula is C27H32F3N5O3S. The highest BCUT2D eigenvalue weighted by Crippen LogP contribution is 2.31. The molecule has 2 N–H and O–H groups in total. The van der Waals surface area contributed by atoms with E-state index in [9.17, 15) is 22.8 Å². The Balaban J connectivity index is 0.000000265. The fourth-order valence-corrected chi connectivity index (χ4v) is 5.84. The molecule has 210 valence electrons. The molecule has 2 aliphatic rings. The van der Waals surface area contributed by atoms with Crippen molar-refractivity contribution in [2.75, 3.05) is 20.2 Å². The van der Waals surface area contributed by atoms with Crippen LogP contribution in [0.2, 0.25) is 0 Å². The van der Waals surface area contributed by atoms with Crippen LogP contribution in [0.5, 0.6) is 0 Å². The summed E-state index contributed by atoms with van der Waals surface area (Å²) in [5.74, 6) is -0.619. The highest BCUT2D eigenvalue weighted by molar-refractivity contribution is 7.09. The minimum atomic E-state index is -4.53. The number of aryl methyl sites for hydroxylation is 2. The van der Waals surface area contributed by atoms with Gasteiger partial charge in [0.25, 0.3) is 0 Å². The van der Waals surface area contributed by atoms with Crippen LogP contribution in [0.1, 0.15) is 75.7 Å². The van der Waals surface area contributed by atoms with E-state index in [0.29, 0.717) is 32.0 Å². The van der Waals surface area contributed by atoms with Crippen molar-refractivity contribution in [3.8, 4) is 0 Å². The molecule has 1 unspecified atom stereocenters. The van der Waals surface area contributed by atoms with Crippen molar-refractivity contribution in [3.63, 3.8) is 0 Å². The Hall–Kier alpha value is -3.25. The van der Waals surface area contributed by atoms with Crippen molar-refractivity contribution >= 4 is 23.2 Å². The number of carbonyl (C=O) groups is 2. The second-order valence-electron chi connectivity index (χ2n) is 9.74. The first-order valence-corrected chi connectivity index (χ1v) is 13.7. The number of rotatable bonds is 4. The SMILES string of the molecule is COC(=O)c1csc(C2CCN(C(=O)Cn3nc(C(F)(F)F)cc3C)CC2)n1.NC1CCCc2ccccc21. The highest BCUT2D eigenvalue weighted by atomic mass is 32.1. The maximum Gasteiger partial charge on any atom is 0.435 e. The summed E-state index contributed by atoms with van der Waals surface area (Å²) in [4.78, 5) is 29.9. The number of amides is 1. The zero-order valence-corrected chi connectivity index (χ0v) is 22.7. The molecule has 1 atom stereocenters. The Morgan fingerprint density at radius 3 is 2.54 bits per heavy atom. The fourth-order valence-electron chi connectivity index (χ4n) is 4.88. The summed E-state index contributed by atoms with van der Waals surface area (Å²) in [5, 5.41) is 5.97. The van der Waals surface area contributed by atoms with Gasteiger partial charge in [-0.2, -0.15) is 18.3 Å². The van der Waals surface area contributed by atoms with E-state index in [-0.39, 0.29) is 29.8 Å². The number of aromatic nitrogens is 3. The summed E-state index contributed by atoms with van der Waals surface area (Å²) in [6.45, 7) is 2.21. The molecule has 12 heteroatoms. The molecule has 39 heavy (non-hydrogen) atoms.